The van der Waals surface area contributed by atoms with E-state index >= 15 is 0 Å². The number of alkyl halides is 2. The van der Waals surface area contributed by atoms with Gasteiger partial charge in [0.2, 0.25) is 5.92 Å². The van der Waals surface area contributed by atoms with Crippen LogP contribution in [0.3, 0.4) is 0 Å². The van der Waals surface area contributed by atoms with E-state index in [0.29, 0.717) is 45.6 Å². The van der Waals surface area contributed by atoms with Gasteiger partial charge in [-0.05, 0) is 25.2 Å². The molecule has 120 valence electrons. The quantitative estimate of drug-likeness (QED) is 0.818. The van der Waals surface area contributed by atoms with Crippen molar-refractivity contribution in [2.24, 2.45) is 5.92 Å². The molecule has 2 bridgehead atoms. The number of carboxylic acid groups (broad SMARTS) is 1. The summed E-state index contributed by atoms with van der Waals surface area (Å²) in [5.41, 5.74) is -0.406. The molecule has 21 heavy (non-hydrogen) atoms. The predicted octanol–water partition coefficient (Wildman–Crippen LogP) is 1.92. The number of nitrogens with one attached hydrogen (secondary N) is 1. The lowest BCUT2D eigenvalue weighted by atomic mass is 9.76. The van der Waals surface area contributed by atoms with Gasteiger partial charge >= 0.3 is 6.09 Å². The van der Waals surface area contributed by atoms with Crippen LogP contribution in [0.2, 0.25) is 0 Å². The first kappa shape index (κ1) is 15.0. The van der Waals surface area contributed by atoms with Crippen LogP contribution >= 0.6 is 0 Å². The fourth-order valence-electron chi connectivity index (χ4n) is 3.98. The summed E-state index contributed by atoms with van der Waals surface area (Å²) in [4.78, 5) is 12.7. The molecule has 2 heterocycles. The number of hydrogen-bond acceptors (Lipinski definition) is 3. The van der Waals surface area contributed by atoms with Gasteiger partial charge in [-0.1, -0.05) is 0 Å². The second-order valence-electron chi connectivity index (χ2n) is 6.80. The van der Waals surface area contributed by atoms with E-state index in [1.165, 1.54) is 4.90 Å². The monoisotopic (exact) mass is 304 g/mol. The summed E-state index contributed by atoms with van der Waals surface area (Å²) in [6.45, 7) is 1.78. The van der Waals surface area contributed by atoms with E-state index in [9.17, 15) is 18.7 Å². The maximum atomic E-state index is 13.2. The number of nitrogens with zero attached hydrogens (tertiary/aromatic N) is 1. The number of halogens is 2. The third kappa shape index (κ3) is 3.29. The molecule has 1 amide bonds. The number of morpholine rings is 1. The lowest BCUT2D eigenvalue weighted by molar-refractivity contribution is -0.0754. The minimum absolute atomic E-state index is 0.00799. The first-order valence-corrected chi connectivity index (χ1v) is 7.59. The van der Waals surface area contributed by atoms with E-state index in [4.69, 9.17) is 4.74 Å². The topological polar surface area (TPSA) is 61.8 Å². The highest BCUT2D eigenvalue weighted by atomic mass is 19.3. The van der Waals surface area contributed by atoms with Crippen LogP contribution < -0.4 is 5.32 Å². The average Bonchev–Trinajstić information content (AvgIpc) is 2.40. The maximum absolute atomic E-state index is 13.2. The molecule has 2 N–H and O–H groups in total. The summed E-state index contributed by atoms with van der Waals surface area (Å²) in [5, 5.41) is 12.7. The second kappa shape index (κ2) is 5.35. The number of piperazine rings is 1. The van der Waals surface area contributed by atoms with E-state index in [2.05, 4.69) is 5.32 Å². The second-order valence-corrected chi connectivity index (χ2v) is 6.80. The van der Waals surface area contributed by atoms with Gasteiger partial charge in [-0.3, -0.25) is 0 Å². The van der Waals surface area contributed by atoms with Gasteiger partial charge in [0, 0.05) is 32.0 Å². The van der Waals surface area contributed by atoms with Crippen LogP contribution in [0.5, 0.6) is 0 Å². The number of carbonyl (C=O) groups is 1. The molecule has 0 aromatic rings. The molecule has 2 atom stereocenters. The number of fused-ring (bicyclic) bond motifs is 2. The fraction of sp³-hybridized carbons (Fsp3) is 0.929. The van der Waals surface area contributed by atoms with Crippen LogP contribution in [0.25, 0.3) is 0 Å². The van der Waals surface area contributed by atoms with E-state index in [0.717, 1.165) is 0 Å². The maximum Gasteiger partial charge on any atom is 0.407 e. The van der Waals surface area contributed by atoms with E-state index in [1.807, 2.05) is 0 Å². The van der Waals surface area contributed by atoms with Gasteiger partial charge in [-0.15, -0.1) is 0 Å². The summed E-state index contributed by atoms with van der Waals surface area (Å²) >= 11 is 0. The van der Waals surface area contributed by atoms with Gasteiger partial charge in [-0.25, -0.2) is 13.6 Å². The molecule has 2 saturated heterocycles. The molecule has 3 aliphatic rings. The Morgan fingerprint density at radius 1 is 1.38 bits per heavy atom. The summed E-state index contributed by atoms with van der Waals surface area (Å²) < 4.78 is 32.1. The Kier molecular flexibility index (Phi) is 3.81. The summed E-state index contributed by atoms with van der Waals surface area (Å²) in [5.74, 6) is -2.31. The van der Waals surface area contributed by atoms with Crippen molar-refractivity contribution >= 4 is 6.09 Å². The Morgan fingerprint density at radius 2 is 2.10 bits per heavy atom. The van der Waals surface area contributed by atoms with Crippen LogP contribution in [-0.4, -0.2) is 59.9 Å². The van der Waals surface area contributed by atoms with Gasteiger partial charge < -0.3 is 20.1 Å². The number of ether oxygens (including phenoxy) is 1. The zero-order valence-electron chi connectivity index (χ0n) is 12.0. The normalized spacial score (nSPS) is 36.5. The van der Waals surface area contributed by atoms with Gasteiger partial charge in [0.1, 0.15) is 0 Å². The van der Waals surface area contributed by atoms with Crippen molar-refractivity contribution in [1.29, 1.82) is 0 Å². The highest BCUT2D eigenvalue weighted by molar-refractivity contribution is 5.65. The molecule has 0 spiro atoms. The molecule has 3 fully saturated rings. The fourth-order valence-corrected chi connectivity index (χ4v) is 3.98. The molecule has 5 nitrogen and oxygen atoms in total. The highest BCUT2D eigenvalue weighted by Gasteiger charge is 2.46. The highest BCUT2D eigenvalue weighted by Crippen LogP contribution is 2.40. The molecule has 3 rings (SSSR count). The lowest BCUT2D eigenvalue weighted by Crippen LogP contribution is -2.71. The molecular weight excluding hydrogens is 282 g/mol. The molecule has 0 aromatic heterocycles. The van der Waals surface area contributed by atoms with Crippen molar-refractivity contribution < 1.29 is 23.4 Å². The summed E-state index contributed by atoms with van der Waals surface area (Å²) in [6, 6.07) is 0.00799. The third-order valence-electron chi connectivity index (χ3n) is 4.93. The van der Waals surface area contributed by atoms with Crippen LogP contribution in [-0.2, 0) is 4.74 Å². The van der Waals surface area contributed by atoms with Crippen molar-refractivity contribution in [1.82, 2.24) is 10.2 Å². The number of amides is 1. The molecule has 1 aliphatic carbocycles. The minimum atomic E-state index is -2.52. The molecule has 0 aromatic carbocycles. The van der Waals surface area contributed by atoms with Crippen LogP contribution in [0, 0.1) is 5.92 Å². The Morgan fingerprint density at radius 3 is 2.76 bits per heavy atom. The zero-order valence-corrected chi connectivity index (χ0v) is 12.0. The molecule has 7 heteroatoms. The molecule has 2 aliphatic heterocycles. The van der Waals surface area contributed by atoms with Gasteiger partial charge in [-0.2, -0.15) is 0 Å². The van der Waals surface area contributed by atoms with Gasteiger partial charge in [0.15, 0.2) is 0 Å². The van der Waals surface area contributed by atoms with Crippen molar-refractivity contribution in [3.8, 4) is 0 Å². The standard InChI is InChI=1S/C14H22F2N2O3/c15-14(16)3-1-10(2-4-14)5-13-8-18(12(19)20)6-11(17-13)7-21-9-13/h10-11,17H,1-9H2,(H,19,20). The molecule has 0 radical (unpaired) electrons. The molecule has 2 unspecified atom stereocenters. The van der Waals surface area contributed by atoms with Crippen molar-refractivity contribution in [2.75, 3.05) is 26.3 Å². The first-order valence-electron chi connectivity index (χ1n) is 7.59. The SMILES string of the molecule is O=C(O)N1CC2COCC(CC3CCC(F)(F)CC3)(C1)N2. The molecular formula is C14H22F2N2O3. The predicted molar refractivity (Wildman–Crippen MR) is 71.6 cm³/mol. The van der Waals surface area contributed by atoms with Crippen molar-refractivity contribution in [2.45, 2.75) is 49.6 Å². The Labute approximate surface area is 122 Å². The summed E-state index contributed by atoms with van der Waals surface area (Å²) in [6.07, 6.45) is 0.704. The summed E-state index contributed by atoms with van der Waals surface area (Å²) in [7, 11) is 0. The molecule has 1 saturated carbocycles. The Hall–Kier alpha value is -0.950. The van der Waals surface area contributed by atoms with Crippen LogP contribution in [0.15, 0.2) is 0 Å². The van der Waals surface area contributed by atoms with E-state index < -0.39 is 17.6 Å². The van der Waals surface area contributed by atoms with Gasteiger partial charge in [0.25, 0.3) is 0 Å². The zero-order chi connectivity index (χ0) is 15.1. The van der Waals surface area contributed by atoms with E-state index in [-0.39, 0.29) is 24.8 Å². The average molecular weight is 304 g/mol. The van der Waals surface area contributed by atoms with E-state index in [1.54, 1.807) is 0 Å². The largest absolute Gasteiger partial charge is 0.465 e. The van der Waals surface area contributed by atoms with Gasteiger partial charge in [0.05, 0.1) is 18.8 Å². The number of hydrogen-bond donors (Lipinski definition) is 2. The smallest absolute Gasteiger partial charge is 0.407 e. The van der Waals surface area contributed by atoms with Crippen molar-refractivity contribution in [3.05, 3.63) is 0 Å². The van der Waals surface area contributed by atoms with Crippen LogP contribution in [0.4, 0.5) is 13.6 Å². The lowest BCUT2D eigenvalue weighted by Gasteiger charge is -2.51. The van der Waals surface area contributed by atoms with Crippen LogP contribution in [0.1, 0.15) is 32.1 Å². The third-order valence-corrected chi connectivity index (χ3v) is 4.93. The first-order chi connectivity index (χ1) is 9.88. The number of rotatable bonds is 2. The van der Waals surface area contributed by atoms with Crippen molar-refractivity contribution in [3.63, 3.8) is 0 Å². The Balaban J connectivity index is 1.66. The Bertz CT molecular complexity index is 411. The minimum Gasteiger partial charge on any atom is -0.465 e.